The summed E-state index contributed by atoms with van der Waals surface area (Å²) < 4.78 is 0. The van der Waals surface area contributed by atoms with Crippen LogP contribution in [0.4, 0.5) is 0 Å². The summed E-state index contributed by atoms with van der Waals surface area (Å²) in [6.07, 6.45) is 7.21. The summed E-state index contributed by atoms with van der Waals surface area (Å²) >= 11 is 1.61. The first kappa shape index (κ1) is 14.1. The summed E-state index contributed by atoms with van der Waals surface area (Å²) in [4.78, 5) is 17.4. The van der Waals surface area contributed by atoms with E-state index in [1.807, 2.05) is 35.4 Å². The Hall–Kier alpha value is -1.82. The standard InChI is InChI=1S/C15H18N4OS/c1-21-14-5-3-2-4-13(14)15(20)18-10-6-12(7-11-18)19-16-8-9-17-19/h2-5,8-9,12H,6-7,10-11H2,1H3. The molecular formula is C15H18N4OS. The summed E-state index contributed by atoms with van der Waals surface area (Å²) in [5.74, 6) is 0.131. The van der Waals surface area contributed by atoms with Crippen molar-refractivity contribution in [1.29, 1.82) is 0 Å². The minimum absolute atomic E-state index is 0.131. The van der Waals surface area contributed by atoms with Gasteiger partial charge in [-0.05, 0) is 31.2 Å². The predicted octanol–water partition coefficient (Wildman–Crippen LogP) is 2.48. The average molecular weight is 302 g/mol. The molecule has 6 heteroatoms. The molecule has 1 aromatic carbocycles. The zero-order valence-electron chi connectivity index (χ0n) is 12.0. The maximum atomic E-state index is 12.6. The first-order chi connectivity index (χ1) is 10.3. The van der Waals surface area contributed by atoms with Gasteiger partial charge in [0.1, 0.15) is 0 Å². The highest BCUT2D eigenvalue weighted by atomic mass is 32.2. The first-order valence-corrected chi connectivity index (χ1v) is 8.30. The first-order valence-electron chi connectivity index (χ1n) is 7.07. The summed E-state index contributed by atoms with van der Waals surface area (Å²) in [6.45, 7) is 1.52. The van der Waals surface area contributed by atoms with E-state index in [1.165, 1.54) is 0 Å². The van der Waals surface area contributed by atoms with Gasteiger partial charge in [0.25, 0.3) is 5.91 Å². The van der Waals surface area contributed by atoms with Crippen molar-refractivity contribution < 1.29 is 4.79 Å². The lowest BCUT2D eigenvalue weighted by Gasteiger charge is -2.31. The number of rotatable bonds is 3. The van der Waals surface area contributed by atoms with Crippen LogP contribution in [0.5, 0.6) is 0 Å². The van der Waals surface area contributed by atoms with E-state index in [9.17, 15) is 4.79 Å². The highest BCUT2D eigenvalue weighted by molar-refractivity contribution is 7.98. The van der Waals surface area contributed by atoms with E-state index in [0.29, 0.717) is 6.04 Å². The van der Waals surface area contributed by atoms with Gasteiger partial charge in [0.05, 0.1) is 24.0 Å². The lowest BCUT2D eigenvalue weighted by atomic mass is 10.0. The maximum Gasteiger partial charge on any atom is 0.254 e. The number of aromatic nitrogens is 3. The molecule has 5 nitrogen and oxygen atoms in total. The molecule has 3 rings (SSSR count). The second-order valence-corrected chi connectivity index (χ2v) is 5.92. The van der Waals surface area contributed by atoms with Crippen molar-refractivity contribution in [2.24, 2.45) is 0 Å². The maximum absolute atomic E-state index is 12.6. The van der Waals surface area contributed by atoms with Crippen LogP contribution in [0.15, 0.2) is 41.6 Å². The number of nitrogens with zero attached hydrogens (tertiary/aromatic N) is 4. The number of likely N-dealkylation sites (tertiary alicyclic amines) is 1. The summed E-state index contributed by atoms with van der Waals surface area (Å²) in [7, 11) is 0. The van der Waals surface area contributed by atoms with Crippen molar-refractivity contribution in [1.82, 2.24) is 19.9 Å². The van der Waals surface area contributed by atoms with E-state index in [4.69, 9.17) is 0 Å². The van der Waals surface area contributed by atoms with Crippen LogP contribution in [0.25, 0.3) is 0 Å². The van der Waals surface area contributed by atoms with Crippen LogP contribution in [0.1, 0.15) is 29.2 Å². The number of carbonyl (C=O) groups is 1. The molecule has 0 saturated carbocycles. The molecule has 0 N–H and O–H groups in total. The van der Waals surface area contributed by atoms with E-state index >= 15 is 0 Å². The Morgan fingerprint density at radius 1 is 1.19 bits per heavy atom. The zero-order chi connectivity index (χ0) is 14.7. The molecule has 0 spiro atoms. The van der Waals surface area contributed by atoms with Crippen LogP contribution in [0, 0.1) is 0 Å². The van der Waals surface area contributed by atoms with Crippen molar-refractivity contribution in [3.63, 3.8) is 0 Å². The lowest BCUT2D eigenvalue weighted by Crippen LogP contribution is -2.39. The fourth-order valence-electron chi connectivity index (χ4n) is 2.71. The minimum atomic E-state index is 0.131. The number of thioether (sulfide) groups is 1. The molecular weight excluding hydrogens is 284 g/mol. The molecule has 0 radical (unpaired) electrons. The van der Waals surface area contributed by atoms with Gasteiger partial charge in [0.2, 0.25) is 0 Å². The second-order valence-electron chi connectivity index (χ2n) is 5.07. The molecule has 1 aliphatic rings. The summed E-state index contributed by atoms with van der Waals surface area (Å²) in [5, 5.41) is 8.39. The number of carbonyl (C=O) groups excluding carboxylic acids is 1. The monoisotopic (exact) mass is 302 g/mol. The van der Waals surface area contributed by atoms with Crippen LogP contribution in [0.2, 0.25) is 0 Å². The molecule has 110 valence electrons. The van der Waals surface area contributed by atoms with Crippen molar-refractivity contribution >= 4 is 17.7 Å². The van der Waals surface area contributed by atoms with Gasteiger partial charge in [-0.2, -0.15) is 15.0 Å². The number of piperidine rings is 1. The van der Waals surface area contributed by atoms with Gasteiger partial charge in [0.15, 0.2) is 0 Å². The largest absolute Gasteiger partial charge is 0.338 e. The SMILES string of the molecule is CSc1ccccc1C(=O)N1CCC(n2nccn2)CC1. The Morgan fingerprint density at radius 3 is 2.52 bits per heavy atom. The average Bonchev–Trinajstić information content (AvgIpc) is 3.09. The molecule has 2 heterocycles. The Morgan fingerprint density at radius 2 is 1.86 bits per heavy atom. The Kier molecular flexibility index (Phi) is 4.24. The van der Waals surface area contributed by atoms with Gasteiger partial charge in [-0.3, -0.25) is 4.79 Å². The van der Waals surface area contributed by atoms with Crippen molar-refractivity contribution in [2.45, 2.75) is 23.8 Å². The molecule has 1 saturated heterocycles. The lowest BCUT2D eigenvalue weighted by molar-refractivity contribution is 0.0680. The van der Waals surface area contributed by atoms with Crippen LogP contribution < -0.4 is 0 Å². The van der Waals surface area contributed by atoms with E-state index in [1.54, 1.807) is 29.0 Å². The van der Waals surface area contributed by atoms with Gasteiger partial charge < -0.3 is 4.90 Å². The van der Waals surface area contributed by atoms with Crippen LogP contribution >= 0.6 is 11.8 Å². The molecule has 21 heavy (non-hydrogen) atoms. The van der Waals surface area contributed by atoms with Gasteiger partial charge in [-0.25, -0.2) is 0 Å². The molecule has 1 amide bonds. The molecule has 0 aliphatic carbocycles. The third-order valence-electron chi connectivity index (χ3n) is 3.85. The molecule has 0 bridgehead atoms. The van der Waals surface area contributed by atoms with E-state index in [-0.39, 0.29) is 5.91 Å². The molecule has 0 atom stereocenters. The number of amides is 1. The summed E-state index contributed by atoms with van der Waals surface area (Å²) in [6, 6.07) is 8.11. The molecule has 1 aliphatic heterocycles. The van der Waals surface area contributed by atoms with E-state index in [2.05, 4.69) is 10.2 Å². The van der Waals surface area contributed by atoms with E-state index < -0.39 is 0 Å². The molecule has 1 aromatic heterocycles. The van der Waals surface area contributed by atoms with Crippen LogP contribution in [-0.2, 0) is 0 Å². The number of hydrogen-bond donors (Lipinski definition) is 0. The highest BCUT2D eigenvalue weighted by Crippen LogP contribution is 2.25. The van der Waals surface area contributed by atoms with Crippen molar-refractivity contribution in [2.75, 3.05) is 19.3 Å². The molecule has 2 aromatic rings. The van der Waals surface area contributed by atoms with Crippen LogP contribution in [-0.4, -0.2) is 45.1 Å². The fraction of sp³-hybridized carbons (Fsp3) is 0.400. The van der Waals surface area contributed by atoms with Gasteiger partial charge in [-0.15, -0.1) is 11.8 Å². The smallest absolute Gasteiger partial charge is 0.254 e. The van der Waals surface area contributed by atoms with Gasteiger partial charge in [0, 0.05) is 18.0 Å². The Labute approximate surface area is 128 Å². The van der Waals surface area contributed by atoms with Crippen molar-refractivity contribution in [3.05, 3.63) is 42.2 Å². The number of hydrogen-bond acceptors (Lipinski definition) is 4. The predicted molar refractivity (Wildman–Crippen MR) is 82.4 cm³/mol. The third-order valence-corrected chi connectivity index (χ3v) is 4.65. The van der Waals surface area contributed by atoms with Gasteiger partial charge >= 0.3 is 0 Å². The van der Waals surface area contributed by atoms with Crippen LogP contribution in [0.3, 0.4) is 0 Å². The highest BCUT2D eigenvalue weighted by Gasteiger charge is 2.26. The zero-order valence-corrected chi connectivity index (χ0v) is 12.8. The Bertz CT molecular complexity index is 606. The Balaban J connectivity index is 1.68. The topological polar surface area (TPSA) is 51.0 Å². The number of benzene rings is 1. The van der Waals surface area contributed by atoms with E-state index in [0.717, 1.165) is 36.4 Å². The summed E-state index contributed by atoms with van der Waals surface area (Å²) in [5.41, 5.74) is 0.806. The molecule has 0 unspecified atom stereocenters. The normalized spacial score (nSPS) is 16.1. The minimum Gasteiger partial charge on any atom is -0.338 e. The third kappa shape index (κ3) is 2.95. The van der Waals surface area contributed by atoms with Gasteiger partial charge in [-0.1, -0.05) is 12.1 Å². The fourth-order valence-corrected chi connectivity index (χ4v) is 3.30. The quantitative estimate of drug-likeness (QED) is 0.817. The van der Waals surface area contributed by atoms with Crippen molar-refractivity contribution in [3.8, 4) is 0 Å². The molecule has 1 fully saturated rings. The second kappa shape index (κ2) is 6.30.